The molecular weight excluding hydrogens is 322 g/mol. The zero-order valence-electron chi connectivity index (χ0n) is 15.6. The van der Waals surface area contributed by atoms with Gasteiger partial charge in [0.15, 0.2) is 0 Å². The van der Waals surface area contributed by atoms with Crippen molar-refractivity contribution in [2.24, 2.45) is 5.41 Å². The fourth-order valence-electron chi connectivity index (χ4n) is 2.90. The highest BCUT2D eigenvalue weighted by Gasteiger charge is 2.18. The van der Waals surface area contributed by atoms with Gasteiger partial charge in [0.2, 0.25) is 0 Å². The van der Waals surface area contributed by atoms with Crippen LogP contribution in [0.15, 0.2) is 16.9 Å². The van der Waals surface area contributed by atoms with E-state index in [0.717, 1.165) is 12.2 Å². The molecule has 1 saturated heterocycles. The van der Waals surface area contributed by atoms with E-state index in [0.29, 0.717) is 32.9 Å². The molecule has 1 aromatic heterocycles. The van der Waals surface area contributed by atoms with Crippen molar-refractivity contribution < 1.29 is 14.3 Å². The first-order valence-electron chi connectivity index (χ1n) is 8.63. The van der Waals surface area contributed by atoms with Crippen LogP contribution < -0.4 is 10.9 Å². The van der Waals surface area contributed by atoms with E-state index >= 15 is 0 Å². The Hall–Kier alpha value is -1.70. The van der Waals surface area contributed by atoms with Crippen molar-refractivity contribution in [1.82, 2.24) is 15.2 Å². The molecule has 0 spiro atoms. The maximum Gasteiger partial charge on any atom is 0.261 e. The van der Waals surface area contributed by atoms with Crippen molar-refractivity contribution in [2.75, 3.05) is 40.0 Å². The Bertz CT molecular complexity index is 630. The Morgan fingerprint density at radius 1 is 1.36 bits per heavy atom. The maximum absolute atomic E-state index is 12.2. The van der Waals surface area contributed by atoms with E-state index in [9.17, 15) is 9.59 Å². The van der Waals surface area contributed by atoms with Crippen LogP contribution in [-0.2, 0) is 16.0 Å². The van der Waals surface area contributed by atoms with Crippen LogP contribution in [0.2, 0.25) is 0 Å². The number of hydrogen-bond acceptors (Lipinski definition) is 5. The Morgan fingerprint density at radius 2 is 2.12 bits per heavy atom. The number of carbonyl (C=O) groups is 1. The summed E-state index contributed by atoms with van der Waals surface area (Å²) in [6, 6.07) is 3.36. The first-order chi connectivity index (χ1) is 11.7. The lowest BCUT2D eigenvalue weighted by Crippen LogP contribution is -2.41. The monoisotopic (exact) mass is 351 g/mol. The first-order valence-corrected chi connectivity index (χ1v) is 8.63. The molecule has 1 unspecified atom stereocenters. The lowest BCUT2D eigenvalue weighted by molar-refractivity contribution is -0.0855. The van der Waals surface area contributed by atoms with Crippen molar-refractivity contribution >= 4 is 5.91 Å². The SMILES string of the molecule is CN(Cc1ccc(C(=O)NCC2COCCO2)c(=O)[nH]1)CC(C)(C)C. The maximum atomic E-state index is 12.2. The first kappa shape index (κ1) is 19.6. The smallest absolute Gasteiger partial charge is 0.261 e. The highest BCUT2D eigenvalue weighted by molar-refractivity contribution is 5.93. The van der Waals surface area contributed by atoms with E-state index in [-0.39, 0.29) is 22.6 Å². The van der Waals surface area contributed by atoms with E-state index in [1.54, 1.807) is 12.1 Å². The van der Waals surface area contributed by atoms with Gasteiger partial charge in [-0.05, 0) is 24.6 Å². The summed E-state index contributed by atoms with van der Waals surface area (Å²) in [5.41, 5.74) is 0.705. The van der Waals surface area contributed by atoms with Gasteiger partial charge in [-0.15, -0.1) is 0 Å². The van der Waals surface area contributed by atoms with Gasteiger partial charge >= 0.3 is 0 Å². The average Bonchev–Trinajstić information content (AvgIpc) is 2.52. The number of rotatable bonds is 6. The van der Waals surface area contributed by atoms with Crippen molar-refractivity contribution in [3.63, 3.8) is 0 Å². The zero-order valence-corrected chi connectivity index (χ0v) is 15.6. The van der Waals surface area contributed by atoms with Crippen molar-refractivity contribution in [2.45, 2.75) is 33.4 Å². The van der Waals surface area contributed by atoms with Gasteiger partial charge in [-0.2, -0.15) is 0 Å². The third-order valence-corrected chi connectivity index (χ3v) is 3.77. The fourth-order valence-corrected chi connectivity index (χ4v) is 2.90. The van der Waals surface area contributed by atoms with Crippen LogP contribution >= 0.6 is 0 Å². The quantitative estimate of drug-likeness (QED) is 0.799. The number of H-pyrrole nitrogens is 1. The normalized spacial score (nSPS) is 18.4. The third kappa shape index (κ3) is 6.61. The number of carbonyl (C=O) groups excluding carboxylic acids is 1. The summed E-state index contributed by atoms with van der Waals surface area (Å²) in [6.45, 7) is 9.92. The predicted molar refractivity (Wildman–Crippen MR) is 95.7 cm³/mol. The second kappa shape index (κ2) is 8.60. The van der Waals surface area contributed by atoms with Gasteiger partial charge < -0.3 is 24.7 Å². The minimum atomic E-state index is -0.398. The minimum Gasteiger partial charge on any atom is -0.376 e. The zero-order chi connectivity index (χ0) is 18.4. The number of ether oxygens (including phenoxy) is 2. The molecule has 7 heteroatoms. The minimum absolute atomic E-state index is 0.110. The Balaban J connectivity index is 1.91. The van der Waals surface area contributed by atoms with Crippen LogP contribution in [0.4, 0.5) is 0 Å². The molecule has 1 aliphatic rings. The van der Waals surface area contributed by atoms with E-state index in [2.05, 4.69) is 36.0 Å². The van der Waals surface area contributed by atoms with Crippen LogP contribution in [-0.4, -0.2) is 61.9 Å². The summed E-state index contributed by atoms with van der Waals surface area (Å²) in [7, 11) is 2.01. The van der Waals surface area contributed by atoms with Crippen molar-refractivity contribution in [3.05, 3.63) is 33.7 Å². The van der Waals surface area contributed by atoms with Gasteiger partial charge in [-0.3, -0.25) is 9.59 Å². The van der Waals surface area contributed by atoms with Gasteiger partial charge in [0, 0.05) is 25.3 Å². The number of pyridine rings is 1. The molecule has 1 atom stereocenters. The lowest BCUT2D eigenvalue weighted by atomic mass is 9.96. The average molecular weight is 351 g/mol. The molecule has 2 N–H and O–H groups in total. The van der Waals surface area contributed by atoms with Crippen molar-refractivity contribution in [1.29, 1.82) is 0 Å². The van der Waals surface area contributed by atoms with Crippen molar-refractivity contribution in [3.8, 4) is 0 Å². The molecular formula is C18H29N3O4. The van der Waals surface area contributed by atoms with E-state index < -0.39 is 5.91 Å². The largest absolute Gasteiger partial charge is 0.376 e. The lowest BCUT2D eigenvalue weighted by Gasteiger charge is -2.26. The Kier molecular flexibility index (Phi) is 6.75. The Labute approximate surface area is 148 Å². The molecule has 0 bridgehead atoms. The summed E-state index contributed by atoms with van der Waals surface area (Å²) < 4.78 is 10.7. The molecule has 0 radical (unpaired) electrons. The third-order valence-electron chi connectivity index (χ3n) is 3.77. The molecule has 1 fully saturated rings. The predicted octanol–water partition coefficient (Wildman–Crippen LogP) is 0.998. The van der Waals surface area contributed by atoms with Crippen LogP contribution in [0, 0.1) is 5.41 Å². The van der Waals surface area contributed by atoms with Gasteiger partial charge in [0.1, 0.15) is 5.56 Å². The summed E-state index contributed by atoms with van der Waals surface area (Å²) >= 11 is 0. The molecule has 25 heavy (non-hydrogen) atoms. The summed E-state index contributed by atoms with van der Waals surface area (Å²) in [5.74, 6) is -0.398. The highest BCUT2D eigenvalue weighted by Crippen LogP contribution is 2.15. The van der Waals surface area contributed by atoms with E-state index in [1.807, 2.05) is 7.05 Å². The van der Waals surface area contributed by atoms with E-state index in [4.69, 9.17) is 9.47 Å². The molecule has 1 aliphatic heterocycles. The Morgan fingerprint density at radius 3 is 2.72 bits per heavy atom. The van der Waals surface area contributed by atoms with Gasteiger partial charge in [0.05, 0.1) is 25.9 Å². The van der Waals surface area contributed by atoms with Crippen LogP contribution in [0.25, 0.3) is 0 Å². The van der Waals surface area contributed by atoms with Gasteiger partial charge in [-0.1, -0.05) is 20.8 Å². The van der Waals surface area contributed by atoms with Crippen LogP contribution in [0.3, 0.4) is 0 Å². The molecule has 2 heterocycles. The van der Waals surface area contributed by atoms with Gasteiger partial charge in [0.25, 0.3) is 11.5 Å². The van der Waals surface area contributed by atoms with Crippen LogP contribution in [0.5, 0.6) is 0 Å². The van der Waals surface area contributed by atoms with Crippen LogP contribution in [0.1, 0.15) is 36.8 Å². The number of hydrogen-bond donors (Lipinski definition) is 2. The van der Waals surface area contributed by atoms with Gasteiger partial charge in [-0.25, -0.2) is 0 Å². The standard InChI is InChI=1S/C18H29N3O4/c1-18(2,3)12-21(4)10-13-5-6-15(17(23)20-13)16(22)19-9-14-11-24-7-8-25-14/h5-6,14H,7-12H2,1-4H3,(H,19,22)(H,20,23). The topological polar surface area (TPSA) is 83.7 Å². The number of nitrogens with one attached hydrogen (secondary N) is 2. The van der Waals surface area contributed by atoms with E-state index in [1.165, 1.54) is 0 Å². The second-order valence-electron chi connectivity index (χ2n) is 7.74. The number of aromatic amines is 1. The summed E-state index contributed by atoms with van der Waals surface area (Å²) in [5, 5.41) is 2.73. The number of amides is 1. The summed E-state index contributed by atoms with van der Waals surface area (Å²) in [4.78, 5) is 29.3. The molecule has 140 valence electrons. The highest BCUT2D eigenvalue weighted by atomic mass is 16.6. The molecule has 0 aromatic carbocycles. The molecule has 0 aliphatic carbocycles. The fraction of sp³-hybridized carbons (Fsp3) is 0.667. The molecule has 7 nitrogen and oxygen atoms in total. The number of aromatic nitrogens is 1. The molecule has 0 saturated carbocycles. The second-order valence-corrected chi connectivity index (χ2v) is 7.74. The number of nitrogens with zero attached hydrogens (tertiary/aromatic N) is 1. The molecule has 2 rings (SSSR count). The molecule has 1 amide bonds. The molecule has 1 aromatic rings. The summed E-state index contributed by atoms with van der Waals surface area (Å²) in [6.07, 6.45) is -0.165.